The maximum absolute atomic E-state index is 12.1. The summed E-state index contributed by atoms with van der Waals surface area (Å²) in [4.78, 5) is 22.8. The largest absolute Gasteiger partial charge is 0.778 e. The lowest BCUT2D eigenvalue weighted by atomic mass is 10.0. The Morgan fingerprint density at radius 2 is 1.38 bits per heavy atom. The fraction of sp³-hybridized carbons (Fsp3) is 0.962. The molecule has 0 saturated heterocycles. The highest BCUT2D eigenvalue weighted by Gasteiger charge is 2.19. The molecule has 0 N–H and O–H groups in total. The molecular formula is C26H54NO6P. The van der Waals surface area contributed by atoms with Crippen molar-refractivity contribution in [2.75, 3.05) is 53.7 Å². The maximum atomic E-state index is 12.1. The summed E-state index contributed by atoms with van der Waals surface area (Å²) in [6.45, 7) is 5.68. The summed E-state index contributed by atoms with van der Waals surface area (Å²) in [5.74, 6) is 0.413. The number of rotatable bonds is 25. The van der Waals surface area contributed by atoms with Crippen LogP contribution in [0.4, 0.5) is 0 Å². The van der Waals surface area contributed by atoms with Crippen LogP contribution in [0.2, 0.25) is 0 Å². The molecule has 3 atom stereocenters. The van der Waals surface area contributed by atoms with Gasteiger partial charge >= 0.3 is 0 Å². The Kier molecular flexibility index (Phi) is 20.4. The van der Waals surface area contributed by atoms with E-state index in [4.69, 9.17) is 14.0 Å². The van der Waals surface area contributed by atoms with Gasteiger partial charge in [-0.3, -0.25) is 4.79 Å². The number of hydrogen-bond acceptors (Lipinski definition) is 6. The molecule has 0 amide bonds. The summed E-state index contributed by atoms with van der Waals surface area (Å²) in [7, 11) is 1.79. The number of hydrogen-bond donors (Lipinski definition) is 0. The lowest BCUT2D eigenvalue weighted by molar-refractivity contribution is -0.868. The van der Waals surface area contributed by atoms with Crippen LogP contribution in [0.25, 0.3) is 0 Å². The Labute approximate surface area is 210 Å². The van der Waals surface area contributed by atoms with Gasteiger partial charge in [0.15, 0.2) is 0 Å². The second-order valence-electron chi connectivity index (χ2n) is 10.8. The Morgan fingerprint density at radius 1 is 0.853 bits per heavy atom. The van der Waals surface area contributed by atoms with Crippen molar-refractivity contribution >= 4 is 14.1 Å². The monoisotopic (exact) mass is 507 g/mol. The van der Waals surface area contributed by atoms with Crippen LogP contribution in [0.15, 0.2) is 0 Å². The molecule has 7 nitrogen and oxygen atoms in total. The van der Waals surface area contributed by atoms with E-state index in [0.717, 1.165) is 6.42 Å². The molecule has 0 saturated carbocycles. The topological polar surface area (TPSA) is 84.9 Å². The van der Waals surface area contributed by atoms with Crippen molar-refractivity contribution in [3.63, 3.8) is 0 Å². The third-order valence-electron chi connectivity index (χ3n) is 6.01. The Balaban J connectivity index is 3.80. The first-order chi connectivity index (χ1) is 16.1. The summed E-state index contributed by atoms with van der Waals surface area (Å²) in [6.07, 6.45) is 16.5. The molecule has 0 aromatic rings. The normalized spacial score (nSPS) is 15.6. The minimum absolute atomic E-state index is 0.0543. The molecular weight excluding hydrogens is 453 g/mol. The van der Waals surface area contributed by atoms with Crippen molar-refractivity contribution in [3.8, 4) is 0 Å². The third kappa shape index (κ3) is 23.3. The van der Waals surface area contributed by atoms with Crippen molar-refractivity contribution < 1.29 is 32.7 Å². The molecule has 0 aromatic carbocycles. The lowest BCUT2D eigenvalue weighted by Gasteiger charge is -2.30. The minimum atomic E-state index is -3.97. The van der Waals surface area contributed by atoms with Crippen LogP contribution in [0.1, 0.15) is 97.3 Å². The highest BCUT2D eigenvalue weighted by atomic mass is 31.2. The zero-order valence-corrected chi connectivity index (χ0v) is 23.7. The molecule has 0 aliphatic rings. The van der Waals surface area contributed by atoms with Crippen LogP contribution in [0.3, 0.4) is 0 Å². The molecule has 0 rings (SSSR count). The zero-order valence-electron chi connectivity index (χ0n) is 22.8. The molecule has 0 fully saturated rings. The van der Waals surface area contributed by atoms with Crippen LogP contribution in [0, 0.1) is 5.92 Å². The predicted octanol–water partition coefficient (Wildman–Crippen LogP) is 5.55. The van der Waals surface area contributed by atoms with Crippen LogP contribution in [-0.4, -0.2) is 70.7 Å². The van der Waals surface area contributed by atoms with Gasteiger partial charge in [-0.15, -0.1) is 0 Å². The summed E-state index contributed by atoms with van der Waals surface area (Å²) >= 11 is 0. The average molecular weight is 508 g/mol. The van der Waals surface area contributed by atoms with Gasteiger partial charge in [0.05, 0.1) is 47.1 Å². The van der Waals surface area contributed by atoms with E-state index < -0.39 is 13.7 Å². The molecule has 0 bridgehead atoms. The van der Waals surface area contributed by atoms with Gasteiger partial charge in [-0.1, -0.05) is 90.9 Å². The van der Waals surface area contributed by atoms with Gasteiger partial charge in [-0.05, 0) is 12.3 Å². The van der Waals surface area contributed by atoms with Crippen molar-refractivity contribution in [1.29, 1.82) is 0 Å². The second-order valence-corrected chi connectivity index (χ2v) is 12.7. The molecule has 0 aromatic heterocycles. The zero-order chi connectivity index (χ0) is 25.7. The van der Waals surface area contributed by atoms with Crippen LogP contribution >= 0.6 is 7.60 Å². The Hall–Kier alpha value is -0.460. The van der Waals surface area contributed by atoms with Gasteiger partial charge in [0.1, 0.15) is 13.7 Å². The van der Waals surface area contributed by atoms with E-state index in [1.54, 1.807) is 0 Å². The molecule has 0 aliphatic heterocycles. The van der Waals surface area contributed by atoms with Gasteiger partial charge in [-0.2, -0.15) is 0 Å². The van der Waals surface area contributed by atoms with Gasteiger partial charge in [-0.25, -0.2) is 0 Å². The number of ether oxygens (including phenoxy) is 2. The van der Waals surface area contributed by atoms with E-state index in [1.165, 1.54) is 77.0 Å². The van der Waals surface area contributed by atoms with Gasteiger partial charge in [0.25, 0.3) is 6.47 Å². The Bertz CT molecular complexity index is 526. The SMILES string of the molecule is CCCCCCCCCCCCCCC(C)COCC(COP(=O)([O-])CC[N+](C)(C)C)OC=O. The number of quaternary nitrogens is 1. The van der Waals surface area contributed by atoms with Crippen LogP contribution in [0.5, 0.6) is 0 Å². The molecule has 204 valence electrons. The second kappa shape index (κ2) is 20.7. The molecule has 34 heavy (non-hydrogen) atoms. The van der Waals surface area contributed by atoms with Gasteiger partial charge < -0.3 is 27.9 Å². The molecule has 0 aliphatic carbocycles. The van der Waals surface area contributed by atoms with Crippen LogP contribution in [-0.2, 0) is 23.4 Å². The summed E-state index contributed by atoms with van der Waals surface area (Å²) in [5.41, 5.74) is 0. The summed E-state index contributed by atoms with van der Waals surface area (Å²) in [6, 6.07) is 0. The molecule has 0 spiro atoms. The fourth-order valence-electron chi connectivity index (χ4n) is 3.71. The molecule has 3 unspecified atom stereocenters. The number of carbonyl (C=O) groups excluding carboxylic acids is 1. The molecule has 0 radical (unpaired) electrons. The van der Waals surface area contributed by atoms with Crippen molar-refractivity contribution in [1.82, 2.24) is 0 Å². The van der Waals surface area contributed by atoms with Crippen molar-refractivity contribution in [3.05, 3.63) is 0 Å². The summed E-state index contributed by atoms with van der Waals surface area (Å²) in [5, 5.41) is 0. The van der Waals surface area contributed by atoms with Gasteiger partial charge in [0, 0.05) is 6.61 Å². The number of carbonyl (C=O) groups is 1. The van der Waals surface area contributed by atoms with E-state index in [1.807, 2.05) is 21.1 Å². The number of nitrogens with zero attached hydrogens (tertiary/aromatic N) is 1. The first kappa shape index (κ1) is 33.5. The maximum Gasteiger partial charge on any atom is 0.293 e. The first-order valence-corrected chi connectivity index (χ1v) is 15.2. The van der Waals surface area contributed by atoms with E-state index >= 15 is 0 Å². The quantitative estimate of drug-likeness (QED) is 0.0697. The standard InChI is InChI=1S/C26H54NO6P/c1-6-7-8-9-10-11-12-13-14-15-16-17-18-25(2)21-31-22-26(32-24-28)23-33-34(29,30)20-19-27(3,4)5/h24-26H,6-23H2,1-5H3. The summed E-state index contributed by atoms with van der Waals surface area (Å²) < 4.78 is 28.3. The van der Waals surface area contributed by atoms with E-state index in [-0.39, 0.29) is 19.4 Å². The minimum Gasteiger partial charge on any atom is -0.778 e. The highest BCUT2D eigenvalue weighted by Crippen LogP contribution is 2.37. The molecule has 0 heterocycles. The predicted molar refractivity (Wildman–Crippen MR) is 138 cm³/mol. The smallest absolute Gasteiger partial charge is 0.293 e. The first-order valence-electron chi connectivity index (χ1n) is 13.5. The van der Waals surface area contributed by atoms with E-state index in [2.05, 4.69) is 13.8 Å². The Morgan fingerprint density at radius 3 is 1.88 bits per heavy atom. The average Bonchev–Trinajstić information content (AvgIpc) is 2.76. The van der Waals surface area contributed by atoms with E-state index in [9.17, 15) is 14.3 Å². The lowest BCUT2D eigenvalue weighted by Crippen LogP contribution is -2.38. The van der Waals surface area contributed by atoms with E-state index in [0.29, 0.717) is 30.0 Å². The highest BCUT2D eigenvalue weighted by molar-refractivity contribution is 7.51. The third-order valence-corrected chi connectivity index (χ3v) is 7.30. The van der Waals surface area contributed by atoms with Crippen LogP contribution < -0.4 is 4.89 Å². The van der Waals surface area contributed by atoms with Crippen molar-refractivity contribution in [2.24, 2.45) is 5.92 Å². The van der Waals surface area contributed by atoms with Crippen molar-refractivity contribution in [2.45, 2.75) is 103 Å². The van der Waals surface area contributed by atoms with Gasteiger partial charge in [0.2, 0.25) is 0 Å². The molecule has 8 heteroatoms. The number of unbranched alkanes of at least 4 members (excludes halogenated alkanes) is 11. The fourth-order valence-corrected chi connectivity index (χ4v) is 5.07.